The highest BCUT2D eigenvalue weighted by molar-refractivity contribution is 9.10. The quantitative estimate of drug-likeness (QED) is 0.0513. The lowest BCUT2D eigenvalue weighted by atomic mass is 9.82. The average Bonchev–Trinajstić information content (AvgIpc) is 0.816. The Balaban J connectivity index is 0.000000181. The number of aromatic nitrogens is 8. The van der Waals surface area contributed by atoms with Crippen molar-refractivity contribution >= 4 is 73.8 Å². The van der Waals surface area contributed by atoms with Gasteiger partial charge in [0, 0.05) is 112 Å². The Morgan fingerprint density at radius 1 is 0.495 bits per heavy atom. The molecule has 0 saturated carbocycles. The second-order valence-corrected chi connectivity index (χ2v) is 22.1. The first kappa shape index (κ1) is 78.4. The number of carbonyl (C=O) groups is 2. The highest BCUT2D eigenvalue weighted by Crippen LogP contribution is 2.42. The van der Waals surface area contributed by atoms with E-state index in [0.717, 1.165) is 29.7 Å². The Hall–Kier alpha value is -11.9. The Morgan fingerprint density at radius 3 is 1.28 bits per heavy atom. The summed E-state index contributed by atoms with van der Waals surface area (Å²) in [4.78, 5) is 61.2. The minimum atomic E-state index is -4.54. The maximum absolute atomic E-state index is 13.7. The molecule has 17 nitrogen and oxygen atoms in total. The lowest BCUT2D eigenvalue weighted by Crippen LogP contribution is -2.29. The van der Waals surface area contributed by atoms with Gasteiger partial charge < -0.3 is 26.2 Å². The van der Waals surface area contributed by atoms with Crippen LogP contribution in [0.2, 0.25) is 0 Å². The van der Waals surface area contributed by atoms with Crippen LogP contribution in [-0.4, -0.2) is 74.0 Å². The molecular formula is C72H52BBrF12N12O5. The van der Waals surface area contributed by atoms with E-state index in [4.69, 9.17) is 34.0 Å². The third kappa shape index (κ3) is 22.3. The van der Waals surface area contributed by atoms with Crippen LogP contribution in [-0.2, 0) is 37.8 Å². The molecule has 0 saturated heterocycles. The van der Waals surface area contributed by atoms with Crippen molar-refractivity contribution in [3.8, 4) is 33.4 Å². The summed E-state index contributed by atoms with van der Waals surface area (Å²) in [5, 5.41) is 30.1. The maximum atomic E-state index is 13.7. The molecule has 8 heterocycles. The van der Waals surface area contributed by atoms with E-state index >= 15 is 0 Å². The van der Waals surface area contributed by atoms with Crippen LogP contribution in [0.3, 0.4) is 0 Å². The Bertz CT molecular complexity index is 4980. The number of aromatic carboxylic acids is 1. The number of nitrogens with zero attached hydrogens (tertiary/aromatic N) is 10. The zero-order valence-corrected chi connectivity index (χ0v) is 55.0. The number of carboxylic acid groups (broad SMARTS) is 1. The zero-order valence-electron chi connectivity index (χ0n) is 53.4. The number of carboxylic acids is 1. The molecule has 0 radical (unpaired) electrons. The third-order valence-corrected chi connectivity index (χ3v) is 14.9. The number of carbonyl (C=O) groups excluding carboxylic acids is 1. The van der Waals surface area contributed by atoms with Gasteiger partial charge in [-0.2, -0.15) is 52.7 Å². The molecule has 12 rings (SSSR count). The summed E-state index contributed by atoms with van der Waals surface area (Å²) >= 11 is 2.77. The number of pyridine rings is 8. The fraction of sp³-hybridized carbons (Fsp3) is 0.111. The summed E-state index contributed by atoms with van der Waals surface area (Å²) in [6, 6.07) is 38.1. The number of alkyl halides is 12. The molecule has 0 aliphatic rings. The van der Waals surface area contributed by atoms with Gasteiger partial charge in [0.1, 0.15) is 0 Å². The number of rotatable bonds is 9. The number of aryl methyl sites for hydroxylation is 2. The predicted octanol–water partition coefficient (Wildman–Crippen LogP) is 16.9. The van der Waals surface area contributed by atoms with Crippen molar-refractivity contribution in [3.05, 3.63) is 303 Å². The maximum Gasteiger partial charge on any atom is 0.490 e. The van der Waals surface area contributed by atoms with Crippen LogP contribution in [0.15, 0.2) is 224 Å². The van der Waals surface area contributed by atoms with Crippen LogP contribution >= 0.6 is 15.9 Å². The molecule has 8 aromatic heterocycles. The first-order valence-corrected chi connectivity index (χ1v) is 30.5. The lowest BCUT2D eigenvalue weighted by Gasteiger charge is -2.15. The molecule has 1 amide bonds. The smallest absolute Gasteiger partial charge is 0.478 e. The van der Waals surface area contributed by atoms with Crippen molar-refractivity contribution < 1.29 is 77.4 Å². The van der Waals surface area contributed by atoms with Gasteiger partial charge in [0.05, 0.1) is 57.9 Å². The van der Waals surface area contributed by atoms with Gasteiger partial charge in [-0.05, 0) is 127 Å². The average molecular weight is 1480 g/mol. The number of fused-ring (bicyclic) bond motifs is 2. The standard InChI is InChI=1S/C23H17F3N4O.C13H7F3N2.C13H11F3N2.C10H8N2O2.C8H3BrF3N.C5H6BNO2/c1-14-19(11-16-4-3-9-28-21(16)30-14)22(31)29-12-15-6-7-18(17-5-2-8-27-13-17)20(10-15)23(24,25)26;1-17-10-4-5-11(9-3-2-6-18-8-9)12(7-10)13(14,15)16;14-13(15,16)12-6-9(7-17)3-4-11(12)10-2-1-5-18-8-10;1-6-8(10(13)14)5-7-3-2-4-11-9(7)12-6;1-13-5-2-3-7(9)6(4-5)8(10,11)12;8-6(9)5-2-1-3-7-4-5/h2-11,13H,12H2,1H3,(H,29,31);2-8H;1-6,8H,7,17H2;2-5H,1H3,(H,13,14);2-4H;1-4,8-9H. The molecule has 0 unspecified atom stereocenters. The summed E-state index contributed by atoms with van der Waals surface area (Å²) in [5.74, 6) is -1.37. The lowest BCUT2D eigenvalue weighted by molar-refractivity contribution is -0.138. The van der Waals surface area contributed by atoms with Crippen molar-refractivity contribution in [2.75, 3.05) is 0 Å². The fourth-order valence-corrected chi connectivity index (χ4v) is 9.76. The molecule has 4 aromatic carbocycles. The van der Waals surface area contributed by atoms with E-state index in [-0.39, 0.29) is 51.2 Å². The molecule has 0 aliphatic heterocycles. The molecular weight excluding hydrogens is 1430 g/mol. The normalized spacial score (nSPS) is 11.0. The summed E-state index contributed by atoms with van der Waals surface area (Å²) in [6.07, 6.45) is -2.96. The molecule has 0 fully saturated rings. The highest BCUT2D eigenvalue weighted by atomic mass is 79.9. The second kappa shape index (κ2) is 35.4. The van der Waals surface area contributed by atoms with Gasteiger partial charge in [0.15, 0.2) is 22.7 Å². The topological polar surface area (TPSA) is 245 Å². The minimum Gasteiger partial charge on any atom is -0.478 e. The second-order valence-electron chi connectivity index (χ2n) is 21.3. The van der Waals surface area contributed by atoms with Gasteiger partial charge in [0.25, 0.3) is 5.91 Å². The summed E-state index contributed by atoms with van der Waals surface area (Å²) in [7, 11) is -1.40. The number of nitrogens with one attached hydrogen (secondary N) is 1. The van der Waals surface area contributed by atoms with Gasteiger partial charge in [-0.25, -0.2) is 34.4 Å². The van der Waals surface area contributed by atoms with Crippen LogP contribution in [0.5, 0.6) is 0 Å². The molecule has 0 atom stereocenters. The van der Waals surface area contributed by atoms with E-state index < -0.39 is 66.0 Å². The predicted molar refractivity (Wildman–Crippen MR) is 364 cm³/mol. The minimum absolute atomic E-state index is 0.0180. The molecule has 524 valence electrons. The first-order valence-electron chi connectivity index (χ1n) is 29.7. The monoisotopic (exact) mass is 1480 g/mol. The number of halogens is 13. The van der Waals surface area contributed by atoms with E-state index in [1.54, 1.807) is 129 Å². The number of amides is 1. The molecule has 0 aliphatic carbocycles. The van der Waals surface area contributed by atoms with Crippen LogP contribution in [0.4, 0.5) is 64.1 Å². The zero-order chi connectivity index (χ0) is 75.2. The molecule has 0 spiro atoms. The molecule has 12 aromatic rings. The molecule has 31 heteroatoms. The SMILES string of the molecule is Cc1nc2ncccc2cc1C(=O)NCc1ccc(-c2cccnc2)c(C(F)(F)F)c1.Cc1nc2ncccc2cc1C(=O)O.NCc1ccc(-c2cccnc2)c(C(F)(F)F)c1.OB(O)c1cccnc1.[C-]#[N+]c1ccc(-c2cccnc2)c(C(F)(F)F)c1.[C-]#[N+]c1ccc(Br)c(C(F)(F)F)c1. The van der Waals surface area contributed by atoms with Gasteiger partial charge in [0.2, 0.25) is 0 Å². The fourth-order valence-electron chi connectivity index (χ4n) is 9.29. The number of hydrogen-bond acceptors (Lipinski definition) is 13. The van der Waals surface area contributed by atoms with Gasteiger partial charge in [-0.3, -0.25) is 24.7 Å². The highest BCUT2D eigenvalue weighted by Gasteiger charge is 2.37. The van der Waals surface area contributed by atoms with Crippen LogP contribution in [0.25, 0.3) is 65.1 Å². The molecule has 0 bridgehead atoms. The Labute approximate surface area is 587 Å². The van der Waals surface area contributed by atoms with Crippen molar-refractivity contribution in [2.24, 2.45) is 5.73 Å². The Kier molecular flexibility index (Phi) is 27.0. The van der Waals surface area contributed by atoms with Crippen LogP contribution in [0.1, 0.15) is 65.5 Å². The van der Waals surface area contributed by atoms with E-state index in [0.29, 0.717) is 66.9 Å². The van der Waals surface area contributed by atoms with E-state index in [9.17, 15) is 62.3 Å². The van der Waals surface area contributed by atoms with Gasteiger partial charge >= 0.3 is 37.8 Å². The number of hydrogen-bond donors (Lipinski definition) is 5. The Morgan fingerprint density at radius 2 is 0.883 bits per heavy atom. The van der Waals surface area contributed by atoms with Gasteiger partial charge in [-0.15, -0.1) is 0 Å². The molecule has 6 N–H and O–H groups in total. The summed E-state index contributed by atoms with van der Waals surface area (Å²) in [6.45, 7) is 16.7. The van der Waals surface area contributed by atoms with Crippen molar-refractivity contribution in [1.82, 2.24) is 45.2 Å². The largest absolute Gasteiger partial charge is 0.490 e. The van der Waals surface area contributed by atoms with Crippen molar-refractivity contribution in [2.45, 2.75) is 51.6 Å². The van der Waals surface area contributed by atoms with Gasteiger partial charge in [-0.1, -0.05) is 88.7 Å². The number of benzene rings is 4. The van der Waals surface area contributed by atoms with Crippen molar-refractivity contribution in [1.29, 1.82) is 0 Å². The number of nitrogens with two attached hydrogens (primary N) is 1. The van der Waals surface area contributed by atoms with Crippen LogP contribution in [0, 0.1) is 27.0 Å². The van der Waals surface area contributed by atoms with Crippen LogP contribution < -0.4 is 16.5 Å². The molecule has 103 heavy (non-hydrogen) atoms. The van der Waals surface area contributed by atoms with E-state index in [2.05, 4.69) is 70.8 Å². The van der Waals surface area contributed by atoms with Crippen molar-refractivity contribution in [3.63, 3.8) is 0 Å². The first-order chi connectivity index (χ1) is 48.8. The third-order valence-electron chi connectivity index (χ3n) is 14.2. The summed E-state index contributed by atoms with van der Waals surface area (Å²) in [5.41, 5.74) is 7.47. The van der Waals surface area contributed by atoms with E-state index in [1.165, 1.54) is 79.8 Å². The summed E-state index contributed by atoms with van der Waals surface area (Å²) < 4.78 is 155. The van der Waals surface area contributed by atoms with E-state index in [1.807, 2.05) is 0 Å².